The number of nitrogens with two attached hydrogens (primary N) is 1. The van der Waals surface area contributed by atoms with Crippen LogP contribution in [0.15, 0.2) is 22.7 Å². The van der Waals surface area contributed by atoms with Gasteiger partial charge in [0.2, 0.25) is 5.91 Å². The zero-order valence-electron chi connectivity index (χ0n) is 10.6. The van der Waals surface area contributed by atoms with Gasteiger partial charge in [-0.1, -0.05) is 22.0 Å². The van der Waals surface area contributed by atoms with Gasteiger partial charge in [0.15, 0.2) is 0 Å². The second-order valence-electron chi connectivity index (χ2n) is 4.63. The first-order valence-corrected chi connectivity index (χ1v) is 6.87. The van der Waals surface area contributed by atoms with Gasteiger partial charge < -0.3 is 10.5 Å². The lowest BCUT2D eigenvalue weighted by Gasteiger charge is -2.38. The Balaban J connectivity index is 2.18. The van der Waals surface area contributed by atoms with Crippen LogP contribution in [-0.2, 0) is 16.1 Å². The number of carbonyl (C=O) groups is 1. The molecule has 0 aliphatic carbocycles. The Morgan fingerprint density at radius 3 is 3.00 bits per heavy atom. The van der Waals surface area contributed by atoms with Gasteiger partial charge in [-0.2, -0.15) is 0 Å². The summed E-state index contributed by atoms with van der Waals surface area (Å²) in [5.74, 6) is -0.692. The maximum absolute atomic E-state index is 13.1. The lowest BCUT2D eigenvalue weighted by molar-refractivity contribution is -0.136. The van der Waals surface area contributed by atoms with Crippen molar-refractivity contribution < 1.29 is 13.9 Å². The van der Waals surface area contributed by atoms with Crippen LogP contribution < -0.4 is 5.73 Å². The van der Waals surface area contributed by atoms with Gasteiger partial charge in [0.05, 0.1) is 12.7 Å². The molecule has 1 fully saturated rings. The number of amides is 1. The molecule has 0 saturated carbocycles. The van der Waals surface area contributed by atoms with Crippen LogP contribution in [0.4, 0.5) is 4.39 Å². The highest BCUT2D eigenvalue weighted by Crippen LogP contribution is 2.23. The number of hydrogen-bond acceptors (Lipinski definition) is 3. The average Bonchev–Trinajstić information content (AvgIpc) is 2.32. The highest BCUT2D eigenvalue weighted by Gasteiger charge is 2.33. The van der Waals surface area contributed by atoms with E-state index in [2.05, 4.69) is 15.9 Å². The predicted octanol–water partition coefficient (Wildman–Crippen LogP) is 1.66. The van der Waals surface area contributed by atoms with Crippen molar-refractivity contribution in [2.75, 3.05) is 13.2 Å². The second-order valence-corrected chi connectivity index (χ2v) is 5.48. The Morgan fingerprint density at radius 2 is 2.37 bits per heavy atom. The van der Waals surface area contributed by atoms with Gasteiger partial charge in [0.1, 0.15) is 11.9 Å². The van der Waals surface area contributed by atoms with Crippen molar-refractivity contribution in [1.29, 1.82) is 0 Å². The molecule has 1 aromatic carbocycles. The van der Waals surface area contributed by atoms with E-state index in [1.54, 1.807) is 6.07 Å². The molecule has 104 valence electrons. The molecular formula is C13H16BrFN2O2. The van der Waals surface area contributed by atoms with Gasteiger partial charge in [0, 0.05) is 17.6 Å². The Kier molecular flexibility index (Phi) is 4.54. The molecule has 0 unspecified atom stereocenters. The Hall–Kier alpha value is -0.980. The fourth-order valence-electron chi connectivity index (χ4n) is 2.34. The molecule has 1 saturated heterocycles. The number of carbonyl (C=O) groups excluding carboxylic acids is 1. The first-order chi connectivity index (χ1) is 8.99. The predicted molar refractivity (Wildman–Crippen MR) is 72.9 cm³/mol. The van der Waals surface area contributed by atoms with Crippen molar-refractivity contribution in [2.24, 2.45) is 5.73 Å². The van der Waals surface area contributed by atoms with Crippen LogP contribution in [0.3, 0.4) is 0 Å². The molecule has 6 heteroatoms. The Labute approximate surface area is 119 Å². The van der Waals surface area contributed by atoms with Crippen LogP contribution in [0.2, 0.25) is 0 Å². The number of rotatable bonds is 3. The molecule has 1 aliphatic heterocycles. The average molecular weight is 331 g/mol. The highest BCUT2D eigenvalue weighted by atomic mass is 79.9. The van der Waals surface area contributed by atoms with Crippen LogP contribution in [0.1, 0.15) is 12.5 Å². The van der Waals surface area contributed by atoms with Crippen molar-refractivity contribution in [2.45, 2.75) is 25.6 Å². The first-order valence-electron chi connectivity index (χ1n) is 6.08. The molecule has 4 nitrogen and oxygen atoms in total. The van der Waals surface area contributed by atoms with Gasteiger partial charge in [-0.25, -0.2) is 4.39 Å². The van der Waals surface area contributed by atoms with Crippen LogP contribution in [0.25, 0.3) is 0 Å². The minimum Gasteiger partial charge on any atom is -0.375 e. The summed E-state index contributed by atoms with van der Waals surface area (Å²) in [4.78, 5) is 13.5. The lowest BCUT2D eigenvalue weighted by Crippen LogP contribution is -2.56. The standard InChI is InChI=1S/C13H16BrFN2O2/c1-8-12(13(16)18)17(4-5-19-8)7-9-2-3-10(15)6-11(9)14/h2-3,6,8,12H,4-5,7H2,1H3,(H2,16,18)/t8-,12+/m1/s1. The van der Waals surface area contributed by atoms with Crippen molar-refractivity contribution in [1.82, 2.24) is 4.90 Å². The molecule has 0 bridgehead atoms. The molecule has 1 aromatic rings. The molecule has 1 aliphatic rings. The molecule has 0 spiro atoms. The highest BCUT2D eigenvalue weighted by molar-refractivity contribution is 9.10. The number of halogens is 2. The fourth-order valence-corrected chi connectivity index (χ4v) is 2.82. The van der Waals surface area contributed by atoms with Gasteiger partial charge in [-0.05, 0) is 24.6 Å². The second kappa shape index (κ2) is 5.98. The Bertz CT molecular complexity index is 484. The molecular weight excluding hydrogens is 315 g/mol. The van der Waals surface area contributed by atoms with Gasteiger partial charge in [0.25, 0.3) is 0 Å². The van der Waals surface area contributed by atoms with Crippen molar-refractivity contribution >= 4 is 21.8 Å². The zero-order chi connectivity index (χ0) is 14.0. The van der Waals surface area contributed by atoms with Crippen LogP contribution >= 0.6 is 15.9 Å². The van der Waals surface area contributed by atoms with E-state index in [4.69, 9.17) is 10.5 Å². The number of ether oxygens (including phenoxy) is 1. The number of nitrogens with zero attached hydrogens (tertiary/aromatic N) is 1. The summed E-state index contributed by atoms with van der Waals surface area (Å²) in [5, 5.41) is 0. The van der Waals surface area contributed by atoms with Gasteiger partial charge in [-0.15, -0.1) is 0 Å². The van der Waals surface area contributed by atoms with Gasteiger partial charge in [-0.3, -0.25) is 9.69 Å². The summed E-state index contributed by atoms with van der Waals surface area (Å²) in [6, 6.07) is 4.07. The topological polar surface area (TPSA) is 55.6 Å². The van der Waals surface area contributed by atoms with E-state index in [0.717, 1.165) is 5.56 Å². The molecule has 2 atom stereocenters. The minimum absolute atomic E-state index is 0.231. The molecule has 2 N–H and O–H groups in total. The van der Waals surface area contributed by atoms with Crippen molar-refractivity contribution in [3.8, 4) is 0 Å². The lowest BCUT2D eigenvalue weighted by atomic mass is 10.1. The van der Waals surface area contributed by atoms with E-state index < -0.39 is 11.9 Å². The summed E-state index contributed by atoms with van der Waals surface area (Å²) in [7, 11) is 0. The molecule has 19 heavy (non-hydrogen) atoms. The smallest absolute Gasteiger partial charge is 0.237 e. The van der Waals surface area contributed by atoms with Crippen LogP contribution in [0, 0.1) is 5.82 Å². The third-order valence-electron chi connectivity index (χ3n) is 3.28. The zero-order valence-corrected chi connectivity index (χ0v) is 12.2. The quantitative estimate of drug-likeness (QED) is 0.917. The van der Waals surface area contributed by atoms with E-state index in [0.29, 0.717) is 24.2 Å². The summed E-state index contributed by atoms with van der Waals surface area (Å²) in [6.45, 7) is 3.55. The molecule has 2 rings (SSSR count). The fraction of sp³-hybridized carbons (Fsp3) is 0.462. The van der Waals surface area contributed by atoms with E-state index >= 15 is 0 Å². The van der Waals surface area contributed by atoms with E-state index in [-0.39, 0.29) is 11.9 Å². The summed E-state index contributed by atoms with van der Waals surface area (Å²) < 4.78 is 19.2. The SMILES string of the molecule is C[C@H]1OCCN(Cc2ccc(F)cc2Br)[C@@H]1C(N)=O. The number of hydrogen-bond donors (Lipinski definition) is 1. The van der Waals surface area contributed by atoms with Crippen molar-refractivity contribution in [3.05, 3.63) is 34.1 Å². The monoisotopic (exact) mass is 330 g/mol. The molecule has 0 radical (unpaired) electrons. The third kappa shape index (κ3) is 3.32. The normalized spacial score (nSPS) is 24.4. The van der Waals surface area contributed by atoms with E-state index in [1.165, 1.54) is 12.1 Å². The van der Waals surface area contributed by atoms with Gasteiger partial charge >= 0.3 is 0 Å². The maximum atomic E-state index is 13.1. The Morgan fingerprint density at radius 1 is 1.63 bits per heavy atom. The van der Waals surface area contributed by atoms with Crippen LogP contribution in [0.5, 0.6) is 0 Å². The van der Waals surface area contributed by atoms with Crippen molar-refractivity contribution in [3.63, 3.8) is 0 Å². The first kappa shape index (κ1) is 14.4. The largest absolute Gasteiger partial charge is 0.375 e. The van der Waals surface area contributed by atoms with E-state index in [9.17, 15) is 9.18 Å². The summed E-state index contributed by atoms with van der Waals surface area (Å²) >= 11 is 3.33. The molecule has 0 aromatic heterocycles. The summed E-state index contributed by atoms with van der Waals surface area (Å²) in [5.41, 5.74) is 6.35. The minimum atomic E-state index is -0.453. The van der Waals surface area contributed by atoms with Crippen LogP contribution in [-0.4, -0.2) is 36.1 Å². The molecule has 1 heterocycles. The van der Waals surface area contributed by atoms with E-state index in [1.807, 2.05) is 11.8 Å². The number of benzene rings is 1. The number of morpholine rings is 1. The number of primary amides is 1. The third-order valence-corrected chi connectivity index (χ3v) is 4.02. The maximum Gasteiger partial charge on any atom is 0.237 e. The summed E-state index contributed by atoms with van der Waals surface area (Å²) in [6.07, 6.45) is -0.231. The molecule has 1 amide bonds.